The minimum Gasteiger partial charge on any atom is -0.270 e. The zero-order chi connectivity index (χ0) is 20.4. The van der Waals surface area contributed by atoms with Gasteiger partial charge in [-0.3, -0.25) is 4.57 Å². The van der Waals surface area contributed by atoms with E-state index in [-0.39, 0.29) is 5.82 Å². The molecule has 0 aliphatic rings. The molecule has 1 aromatic heterocycles. The van der Waals surface area contributed by atoms with Crippen molar-refractivity contribution in [1.82, 2.24) is 14.8 Å². The fraction of sp³-hybridized carbons (Fsp3) is 0.167. The number of halogens is 1. The van der Waals surface area contributed by atoms with Crippen LogP contribution in [0.2, 0.25) is 0 Å². The Bertz CT molecular complexity index is 1170. The van der Waals surface area contributed by atoms with Gasteiger partial charge in [0, 0.05) is 11.4 Å². The quantitative estimate of drug-likeness (QED) is 0.367. The van der Waals surface area contributed by atoms with Gasteiger partial charge in [0.1, 0.15) is 5.82 Å². The molecule has 146 valence electrons. The SMILES string of the molecule is Cc1cccc(-n2c(SCc3ccc(C)c(C)c3)nnc2-c2ccccc2F)c1. The second-order valence-electron chi connectivity index (χ2n) is 7.17. The van der Waals surface area contributed by atoms with Crippen molar-refractivity contribution >= 4 is 11.8 Å². The molecule has 4 rings (SSSR count). The molecule has 1 heterocycles. The summed E-state index contributed by atoms with van der Waals surface area (Å²) in [6, 6.07) is 21.3. The fourth-order valence-electron chi connectivity index (χ4n) is 3.22. The topological polar surface area (TPSA) is 30.7 Å². The highest BCUT2D eigenvalue weighted by molar-refractivity contribution is 7.98. The minimum absolute atomic E-state index is 0.306. The van der Waals surface area contributed by atoms with Gasteiger partial charge >= 0.3 is 0 Å². The molecule has 0 unspecified atom stereocenters. The van der Waals surface area contributed by atoms with Gasteiger partial charge in [0.15, 0.2) is 11.0 Å². The van der Waals surface area contributed by atoms with Gasteiger partial charge in [-0.15, -0.1) is 10.2 Å². The van der Waals surface area contributed by atoms with Crippen molar-refractivity contribution in [3.05, 3.63) is 94.8 Å². The molecule has 4 aromatic rings. The van der Waals surface area contributed by atoms with Gasteiger partial charge in [-0.25, -0.2) is 4.39 Å². The highest BCUT2D eigenvalue weighted by Crippen LogP contribution is 2.31. The van der Waals surface area contributed by atoms with E-state index in [1.807, 2.05) is 35.8 Å². The van der Waals surface area contributed by atoms with Crippen LogP contribution in [-0.2, 0) is 5.75 Å². The number of benzene rings is 3. The van der Waals surface area contributed by atoms with Crippen LogP contribution in [-0.4, -0.2) is 14.8 Å². The zero-order valence-electron chi connectivity index (χ0n) is 16.7. The van der Waals surface area contributed by atoms with Crippen molar-refractivity contribution in [3.63, 3.8) is 0 Å². The average Bonchev–Trinajstić information content (AvgIpc) is 3.13. The lowest BCUT2D eigenvalue weighted by atomic mass is 10.1. The summed E-state index contributed by atoms with van der Waals surface area (Å²) in [5.41, 5.74) is 6.28. The fourth-order valence-corrected chi connectivity index (χ4v) is 4.12. The molecule has 3 nitrogen and oxygen atoms in total. The Morgan fingerprint density at radius 2 is 1.69 bits per heavy atom. The van der Waals surface area contributed by atoms with E-state index in [0.29, 0.717) is 11.4 Å². The maximum Gasteiger partial charge on any atom is 0.196 e. The Morgan fingerprint density at radius 1 is 0.862 bits per heavy atom. The summed E-state index contributed by atoms with van der Waals surface area (Å²) in [4.78, 5) is 0. The highest BCUT2D eigenvalue weighted by atomic mass is 32.2. The van der Waals surface area contributed by atoms with Crippen LogP contribution in [0.3, 0.4) is 0 Å². The first kappa shape index (κ1) is 19.4. The van der Waals surface area contributed by atoms with Crippen LogP contribution in [0, 0.1) is 26.6 Å². The van der Waals surface area contributed by atoms with E-state index in [9.17, 15) is 4.39 Å². The largest absolute Gasteiger partial charge is 0.270 e. The Balaban J connectivity index is 1.76. The molecule has 0 bridgehead atoms. The second kappa shape index (κ2) is 8.21. The number of aromatic nitrogens is 3. The van der Waals surface area contributed by atoms with Crippen LogP contribution in [0.15, 0.2) is 71.9 Å². The summed E-state index contributed by atoms with van der Waals surface area (Å²) in [5.74, 6) is 0.971. The van der Waals surface area contributed by atoms with Crippen molar-refractivity contribution in [2.75, 3.05) is 0 Å². The van der Waals surface area contributed by atoms with E-state index in [2.05, 4.69) is 48.3 Å². The number of aryl methyl sites for hydroxylation is 3. The molecule has 0 fully saturated rings. The molecular weight excluding hydrogens is 381 g/mol. The minimum atomic E-state index is -0.306. The summed E-state index contributed by atoms with van der Waals surface area (Å²) in [5, 5.41) is 9.50. The van der Waals surface area contributed by atoms with Crippen molar-refractivity contribution in [3.8, 4) is 17.1 Å². The van der Waals surface area contributed by atoms with E-state index in [1.165, 1.54) is 22.8 Å². The molecule has 0 atom stereocenters. The molecule has 0 spiro atoms. The third-order valence-electron chi connectivity index (χ3n) is 4.95. The molecule has 29 heavy (non-hydrogen) atoms. The molecule has 0 amide bonds. The van der Waals surface area contributed by atoms with Crippen molar-refractivity contribution in [1.29, 1.82) is 0 Å². The first-order chi connectivity index (χ1) is 14.0. The number of thioether (sulfide) groups is 1. The summed E-state index contributed by atoms with van der Waals surface area (Å²) in [6.45, 7) is 6.27. The van der Waals surface area contributed by atoms with E-state index >= 15 is 0 Å². The van der Waals surface area contributed by atoms with Gasteiger partial charge in [-0.2, -0.15) is 0 Å². The van der Waals surface area contributed by atoms with Gasteiger partial charge in [-0.1, -0.05) is 54.2 Å². The Hall–Kier alpha value is -2.92. The molecule has 0 aliphatic heterocycles. The van der Waals surface area contributed by atoms with Crippen LogP contribution in [0.4, 0.5) is 4.39 Å². The molecule has 3 aromatic carbocycles. The van der Waals surface area contributed by atoms with Crippen LogP contribution >= 0.6 is 11.8 Å². The monoisotopic (exact) mass is 403 g/mol. The maximum absolute atomic E-state index is 14.5. The lowest BCUT2D eigenvalue weighted by Crippen LogP contribution is -2.01. The Kier molecular flexibility index (Phi) is 5.49. The third kappa shape index (κ3) is 4.10. The predicted octanol–water partition coefficient (Wildman–Crippen LogP) is 6.29. The number of rotatable bonds is 5. The highest BCUT2D eigenvalue weighted by Gasteiger charge is 2.18. The first-order valence-electron chi connectivity index (χ1n) is 9.49. The van der Waals surface area contributed by atoms with Gasteiger partial charge < -0.3 is 0 Å². The predicted molar refractivity (Wildman–Crippen MR) is 117 cm³/mol. The molecule has 0 aliphatic carbocycles. The summed E-state index contributed by atoms with van der Waals surface area (Å²) in [6.07, 6.45) is 0. The van der Waals surface area contributed by atoms with E-state index in [4.69, 9.17) is 0 Å². The second-order valence-corrected chi connectivity index (χ2v) is 8.11. The normalized spacial score (nSPS) is 11.0. The molecule has 0 saturated carbocycles. The molecule has 0 radical (unpaired) electrons. The molecular formula is C24H22FN3S. The van der Waals surface area contributed by atoms with Crippen LogP contribution in [0.1, 0.15) is 22.3 Å². The number of hydrogen-bond acceptors (Lipinski definition) is 3. The van der Waals surface area contributed by atoms with Gasteiger partial charge in [-0.05, 0) is 67.3 Å². The van der Waals surface area contributed by atoms with Crippen LogP contribution in [0.5, 0.6) is 0 Å². The third-order valence-corrected chi connectivity index (χ3v) is 5.95. The maximum atomic E-state index is 14.5. The van der Waals surface area contributed by atoms with Crippen LogP contribution in [0.25, 0.3) is 17.1 Å². The van der Waals surface area contributed by atoms with E-state index in [1.54, 1.807) is 23.9 Å². The molecule has 5 heteroatoms. The Labute approximate surface area is 174 Å². The number of nitrogens with zero attached hydrogens (tertiary/aromatic N) is 3. The summed E-state index contributed by atoms with van der Waals surface area (Å²) >= 11 is 1.60. The van der Waals surface area contributed by atoms with Crippen molar-refractivity contribution < 1.29 is 4.39 Å². The first-order valence-corrected chi connectivity index (χ1v) is 10.5. The number of hydrogen-bond donors (Lipinski definition) is 0. The standard InChI is InChI=1S/C24H22FN3S/c1-16-7-6-8-20(13-16)28-23(21-9-4-5-10-22(21)25)26-27-24(28)29-15-19-12-11-17(2)18(3)14-19/h4-14H,15H2,1-3H3. The summed E-state index contributed by atoms with van der Waals surface area (Å²) in [7, 11) is 0. The smallest absolute Gasteiger partial charge is 0.196 e. The van der Waals surface area contributed by atoms with Gasteiger partial charge in [0.05, 0.1) is 5.56 Å². The Morgan fingerprint density at radius 3 is 2.45 bits per heavy atom. The van der Waals surface area contributed by atoms with Crippen molar-refractivity contribution in [2.24, 2.45) is 0 Å². The zero-order valence-corrected chi connectivity index (χ0v) is 17.5. The van der Waals surface area contributed by atoms with Crippen molar-refractivity contribution in [2.45, 2.75) is 31.7 Å². The average molecular weight is 404 g/mol. The van der Waals surface area contributed by atoms with Crippen LogP contribution < -0.4 is 0 Å². The van der Waals surface area contributed by atoms with E-state index < -0.39 is 0 Å². The lowest BCUT2D eigenvalue weighted by molar-refractivity contribution is 0.629. The van der Waals surface area contributed by atoms with Gasteiger partial charge in [0.2, 0.25) is 0 Å². The lowest BCUT2D eigenvalue weighted by Gasteiger charge is -2.12. The summed E-state index contributed by atoms with van der Waals surface area (Å²) < 4.78 is 16.4. The molecule has 0 N–H and O–H groups in total. The molecule has 0 saturated heterocycles. The van der Waals surface area contributed by atoms with E-state index in [0.717, 1.165) is 22.2 Å². The van der Waals surface area contributed by atoms with Gasteiger partial charge in [0.25, 0.3) is 0 Å².